The van der Waals surface area contributed by atoms with Gasteiger partial charge in [-0.2, -0.15) is 13.2 Å². The molecule has 1 aliphatic heterocycles. The number of nitrogens with one attached hydrogen (secondary N) is 2. The van der Waals surface area contributed by atoms with Crippen molar-refractivity contribution in [2.45, 2.75) is 32.5 Å². The number of carbonyl (C=O) groups is 3. The topological polar surface area (TPSA) is 78.5 Å². The molecule has 114 valence electrons. The summed E-state index contributed by atoms with van der Waals surface area (Å²) in [6.07, 6.45) is -4.13. The summed E-state index contributed by atoms with van der Waals surface area (Å²) in [5.41, 5.74) is 0. The summed E-state index contributed by atoms with van der Waals surface area (Å²) in [7, 11) is 0. The third kappa shape index (κ3) is 4.71. The Morgan fingerprint density at radius 1 is 1.40 bits per heavy atom. The minimum Gasteiger partial charge on any atom is -0.345 e. The lowest BCUT2D eigenvalue weighted by Gasteiger charge is -2.14. The van der Waals surface area contributed by atoms with E-state index in [1.165, 1.54) is 0 Å². The smallest absolute Gasteiger partial charge is 0.345 e. The Balaban J connectivity index is 2.53. The molecular weight excluding hydrogens is 279 g/mol. The molecule has 0 saturated carbocycles. The average Bonchev–Trinajstić information content (AvgIpc) is 2.53. The van der Waals surface area contributed by atoms with Crippen LogP contribution in [0, 0.1) is 5.92 Å². The van der Waals surface area contributed by atoms with Crippen LogP contribution >= 0.6 is 0 Å². The Hall–Kier alpha value is -1.80. The molecule has 0 bridgehead atoms. The quantitative estimate of drug-likeness (QED) is 0.730. The molecule has 0 aromatic carbocycles. The summed E-state index contributed by atoms with van der Waals surface area (Å²) in [5.74, 6) is -1.47. The standard InChI is InChI=1S/C11H16F3N3O3/c1-6(2)3-7-9(19)17(10(20)16-7)4-8(18)15-5-11(12,13)14/h6-7H,3-5H2,1-2H3,(H,15,18)(H,16,20)/t7-/m1/s1. The van der Waals surface area contributed by atoms with Crippen LogP contribution in [0.5, 0.6) is 0 Å². The lowest BCUT2D eigenvalue weighted by molar-refractivity contribution is -0.140. The van der Waals surface area contributed by atoms with Gasteiger partial charge < -0.3 is 10.6 Å². The number of imide groups is 1. The fraction of sp³-hybridized carbons (Fsp3) is 0.727. The molecule has 1 heterocycles. The van der Waals surface area contributed by atoms with Gasteiger partial charge in [-0.3, -0.25) is 14.5 Å². The molecule has 0 unspecified atom stereocenters. The van der Waals surface area contributed by atoms with Gasteiger partial charge in [-0.05, 0) is 12.3 Å². The highest BCUT2D eigenvalue weighted by atomic mass is 19.4. The van der Waals surface area contributed by atoms with Crippen molar-refractivity contribution in [2.24, 2.45) is 5.92 Å². The predicted octanol–water partition coefficient (Wildman–Crippen LogP) is 0.631. The molecule has 2 N–H and O–H groups in total. The molecule has 1 aliphatic rings. The van der Waals surface area contributed by atoms with Crippen LogP contribution in [-0.4, -0.2) is 48.1 Å². The van der Waals surface area contributed by atoms with Crippen LogP contribution in [0.1, 0.15) is 20.3 Å². The van der Waals surface area contributed by atoms with Crippen LogP contribution in [0.15, 0.2) is 0 Å². The lowest BCUT2D eigenvalue weighted by Crippen LogP contribution is -2.43. The zero-order chi connectivity index (χ0) is 15.5. The summed E-state index contributed by atoms with van der Waals surface area (Å²) < 4.78 is 35.7. The van der Waals surface area contributed by atoms with Crippen LogP contribution in [0.3, 0.4) is 0 Å². The number of urea groups is 1. The molecule has 1 rings (SSSR count). The van der Waals surface area contributed by atoms with E-state index in [9.17, 15) is 27.6 Å². The SMILES string of the molecule is CC(C)C[C@H]1NC(=O)N(CC(=O)NCC(F)(F)F)C1=O. The summed E-state index contributed by atoms with van der Waals surface area (Å²) in [4.78, 5) is 35.2. The van der Waals surface area contributed by atoms with Crippen LogP contribution in [0.25, 0.3) is 0 Å². The molecule has 1 atom stereocenters. The monoisotopic (exact) mass is 295 g/mol. The number of amides is 4. The van der Waals surface area contributed by atoms with Crippen LogP contribution < -0.4 is 10.6 Å². The van der Waals surface area contributed by atoms with Gasteiger partial charge in [0.05, 0.1) is 0 Å². The maximum atomic E-state index is 11.9. The van der Waals surface area contributed by atoms with Crippen LogP contribution in [-0.2, 0) is 9.59 Å². The zero-order valence-electron chi connectivity index (χ0n) is 11.1. The van der Waals surface area contributed by atoms with Crippen molar-refractivity contribution in [3.05, 3.63) is 0 Å². The molecule has 0 spiro atoms. The molecular formula is C11H16F3N3O3. The molecule has 0 aliphatic carbocycles. The number of carbonyl (C=O) groups excluding carboxylic acids is 3. The summed E-state index contributed by atoms with van der Waals surface area (Å²) in [5, 5.41) is 4.01. The van der Waals surface area contributed by atoms with Crippen molar-refractivity contribution in [3.8, 4) is 0 Å². The minimum atomic E-state index is -4.53. The van der Waals surface area contributed by atoms with Gasteiger partial charge in [-0.1, -0.05) is 13.8 Å². The lowest BCUT2D eigenvalue weighted by atomic mass is 10.0. The van der Waals surface area contributed by atoms with E-state index in [0.29, 0.717) is 11.3 Å². The Labute approximate surface area is 113 Å². The van der Waals surface area contributed by atoms with Gasteiger partial charge in [0.15, 0.2) is 0 Å². The maximum absolute atomic E-state index is 11.9. The summed E-state index contributed by atoms with van der Waals surface area (Å²) in [6, 6.07) is -1.49. The highest BCUT2D eigenvalue weighted by Gasteiger charge is 2.39. The fourth-order valence-electron chi connectivity index (χ4n) is 1.76. The third-order valence-corrected chi connectivity index (χ3v) is 2.60. The number of alkyl halides is 3. The van der Waals surface area contributed by atoms with E-state index in [1.807, 2.05) is 13.8 Å². The van der Waals surface area contributed by atoms with Crippen molar-refractivity contribution in [3.63, 3.8) is 0 Å². The Morgan fingerprint density at radius 3 is 2.50 bits per heavy atom. The van der Waals surface area contributed by atoms with E-state index >= 15 is 0 Å². The highest BCUT2D eigenvalue weighted by molar-refractivity contribution is 6.06. The van der Waals surface area contributed by atoms with Gasteiger partial charge in [0.1, 0.15) is 19.1 Å². The molecule has 4 amide bonds. The van der Waals surface area contributed by atoms with Crippen molar-refractivity contribution >= 4 is 17.8 Å². The van der Waals surface area contributed by atoms with Gasteiger partial charge in [-0.15, -0.1) is 0 Å². The highest BCUT2D eigenvalue weighted by Crippen LogP contribution is 2.14. The normalized spacial score (nSPS) is 19.5. The Morgan fingerprint density at radius 2 is 2.00 bits per heavy atom. The van der Waals surface area contributed by atoms with E-state index < -0.39 is 43.2 Å². The Bertz CT molecular complexity index is 409. The molecule has 1 saturated heterocycles. The van der Waals surface area contributed by atoms with E-state index in [0.717, 1.165) is 0 Å². The van der Waals surface area contributed by atoms with Crippen molar-refractivity contribution in [1.82, 2.24) is 15.5 Å². The van der Waals surface area contributed by atoms with E-state index in [1.54, 1.807) is 5.32 Å². The number of halogens is 3. The summed E-state index contributed by atoms with van der Waals surface area (Å²) >= 11 is 0. The van der Waals surface area contributed by atoms with Crippen LogP contribution in [0.4, 0.5) is 18.0 Å². The van der Waals surface area contributed by atoms with Gasteiger partial charge in [-0.25, -0.2) is 4.79 Å². The van der Waals surface area contributed by atoms with Gasteiger partial charge in [0.2, 0.25) is 5.91 Å². The van der Waals surface area contributed by atoms with E-state index in [4.69, 9.17) is 0 Å². The zero-order valence-corrected chi connectivity index (χ0v) is 11.1. The number of hydrogen-bond donors (Lipinski definition) is 2. The molecule has 9 heteroatoms. The molecule has 0 radical (unpaired) electrons. The number of hydrogen-bond acceptors (Lipinski definition) is 3. The van der Waals surface area contributed by atoms with Gasteiger partial charge in [0.25, 0.3) is 5.91 Å². The minimum absolute atomic E-state index is 0.156. The number of rotatable bonds is 5. The van der Waals surface area contributed by atoms with E-state index in [-0.39, 0.29) is 5.92 Å². The van der Waals surface area contributed by atoms with Gasteiger partial charge >= 0.3 is 12.2 Å². The van der Waals surface area contributed by atoms with Crippen molar-refractivity contribution < 1.29 is 27.6 Å². The van der Waals surface area contributed by atoms with Gasteiger partial charge in [0, 0.05) is 0 Å². The first-order valence-electron chi connectivity index (χ1n) is 6.05. The number of nitrogens with zero attached hydrogens (tertiary/aromatic N) is 1. The second-order valence-corrected chi connectivity index (χ2v) is 4.95. The average molecular weight is 295 g/mol. The largest absolute Gasteiger partial charge is 0.405 e. The Kier molecular flexibility index (Phi) is 4.96. The van der Waals surface area contributed by atoms with Crippen LogP contribution in [0.2, 0.25) is 0 Å². The third-order valence-electron chi connectivity index (χ3n) is 2.60. The molecule has 0 aromatic heterocycles. The predicted molar refractivity (Wildman–Crippen MR) is 62.6 cm³/mol. The van der Waals surface area contributed by atoms with Crippen molar-refractivity contribution in [1.29, 1.82) is 0 Å². The second kappa shape index (κ2) is 6.10. The second-order valence-electron chi connectivity index (χ2n) is 4.95. The molecule has 6 nitrogen and oxygen atoms in total. The first-order chi connectivity index (χ1) is 9.10. The molecule has 1 fully saturated rings. The van der Waals surface area contributed by atoms with Crippen molar-refractivity contribution in [2.75, 3.05) is 13.1 Å². The first-order valence-corrected chi connectivity index (χ1v) is 6.05. The first kappa shape index (κ1) is 16.3. The summed E-state index contributed by atoms with van der Waals surface area (Å²) in [6.45, 7) is 1.51. The maximum Gasteiger partial charge on any atom is 0.405 e. The molecule has 20 heavy (non-hydrogen) atoms. The van der Waals surface area contributed by atoms with E-state index in [2.05, 4.69) is 5.32 Å². The molecule has 0 aromatic rings. The fourth-order valence-corrected chi connectivity index (χ4v) is 1.76.